The normalized spacial score (nSPS) is 14.7. The number of methoxy groups -OCH3 is 3. The zero-order valence-electron chi connectivity index (χ0n) is 18.5. The molecule has 2 aromatic carbocycles. The van der Waals surface area contributed by atoms with Crippen LogP contribution >= 0.6 is 0 Å². The number of fused-ring (bicyclic) bond motifs is 1. The third kappa shape index (κ3) is 3.70. The molecule has 168 valence electrons. The first kappa shape index (κ1) is 21.7. The van der Waals surface area contributed by atoms with Gasteiger partial charge in [-0.2, -0.15) is 10.2 Å². The lowest BCUT2D eigenvalue weighted by atomic mass is 9.95. The Kier molecular flexibility index (Phi) is 5.62. The van der Waals surface area contributed by atoms with Crippen molar-refractivity contribution in [3.05, 3.63) is 58.8 Å². The van der Waals surface area contributed by atoms with Crippen LogP contribution in [0.4, 0.5) is 5.95 Å². The van der Waals surface area contributed by atoms with Crippen LogP contribution in [0.5, 0.6) is 17.2 Å². The van der Waals surface area contributed by atoms with E-state index in [1.54, 1.807) is 48.0 Å². The molecule has 0 bridgehead atoms. The molecule has 0 radical (unpaired) electrons. The molecular weight excluding hydrogens is 424 g/mol. The predicted molar refractivity (Wildman–Crippen MR) is 120 cm³/mol. The number of anilines is 1. The number of amides is 1. The molecule has 1 unspecified atom stereocenters. The van der Waals surface area contributed by atoms with Crippen LogP contribution in [-0.4, -0.2) is 42.0 Å². The van der Waals surface area contributed by atoms with Gasteiger partial charge in [-0.15, -0.1) is 5.10 Å². The molecule has 0 fully saturated rings. The number of nitrogens with one attached hydrogen (secondary N) is 1. The molecule has 1 amide bonds. The van der Waals surface area contributed by atoms with Crippen LogP contribution in [0, 0.1) is 11.3 Å². The summed E-state index contributed by atoms with van der Waals surface area (Å²) in [6.45, 7) is 1.76. The summed E-state index contributed by atoms with van der Waals surface area (Å²) >= 11 is 0. The molecule has 33 heavy (non-hydrogen) atoms. The molecule has 0 aliphatic carbocycles. The molecular formula is C23H22N6O4. The molecule has 0 saturated carbocycles. The fraction of sp³-hybridized carbons (Fsp3) is 0.217. The van der Waals surface area contributed by atoms with Gasteiger partial charge in [-0.05, 0) is 36.8 Å². The highest BCUT2D eigenvalue weighted by Crippen LogP contribution is 2.42. The second kappa shape index (κ2) is 8.55. The minimum Gasteiger partial charge on any atom is -0.493 e. The Morgan fingerprint density at radius 2 is 1.76 bits per heavy atom. The number of primary amides is 1. The lowest BCUT2D eigenvalue weighted by Gasteiger charge is -2.27. The van der Waals surface area contributed by atoms with Crippen molar-refractivity contribution < 1.29 is 19.0 Å². The number of nitrogens with two attached hydrogens (primary N) is 1. The second-order valence-corrected chi connectivity index (χ2v) is 7.28. The monoisotopic (exact) mass is 446 g/mol. The Labute approximate surface area is 190 Å². The van der Waals surface area contributed by atoms with E-state index in [1.807, 2.05) is 0 Å². The van der Waals surface area contributed by atoms with Gasteiger partial charge in [0.15, 0.2) is 17.3 Å². The van der Waals surface area contributed by atoms with Crippen molar-refractivity contribution in [2.75, 3.05) is 26.6 Å². The Hall–Kier alpha value is -4.52. The molecule has 3 N–H and O–H groups in total. The van der Waals surface area contributed by atoms with Crippen LogP contribution in [0.2, 0.25) is 0 Å². The lowest BCUT2D eigenvalue weighted by molar-refractivity contribution is -0.115. The van der Waals surface area contributed by atoms with E-state index in [0.29, 0.717) is 51.4 Å². The summed E-state index contributed by atoms with van der Waals surface area (Å²) in [5.74, 6) is 1.62. The summed E-state index contributed by atoms with van der Waals surface area (Å²) in [4.78, 5) is 17.0. The molecule has 1 aliphatic heterocycles. The van der Waals surface area contributed by atoms with Crippen LogP contribution in [0.15, 0.2) is 47.7 Å². The predicted octanol–water partition coefficient (Wildman–Crippen LogP) is 2.62. The first-order valence-electron chi connectivity index (χ1n) is 9.96. The van der Waals surface area contributed by atoms with E-state index in [9.17, 15) is 4.79 Å². The smallest absolute Gasteiger partial charge is 0.248 e. The van der Waals surface area contributed by atoms with Crippen molar-refractivity contribution in [1.29, 1.82) is 5.26 Å². The summed E-state index contributed by atoms with van der Waals surface area (Å²) in [5, 5.41) is 16.9. The maximum absolute atomic E-state index is 12.4. The minimum atomic E-state index is -0.616. The van der Waals surface area contributed by atoms with Gasteiger partial charge in [-0.3, -0.25) is 4.79 Å². The first-order valence-corrected chi connectivity index (χ1v) is 9.96. The van der Waals surface area contributed by atoms with E-state index < -0.39 is 11.9 Å². The largest absolute Gasteiger partial charge is 0.493 e. The fourth-order valence-corrected chi connectivity index (χ4v) is 3.85. The van der Waals surface area contributed by atoms with Crippen LogP contribution in [0.25, 0.3) is 11.4 Å². The number of nitrogens with zero attached hydrogens (tertiary/aromatic N) is 4. The highest BCUT2D eigenvalue weighted by molar-refractivity contribution is 5.95. The maximum atomic E-state index is 12.4. The van der Waals surface area contributed by atoms with Crippen molar-refractivity contribution in [1.82, 2.24) is 14.8 Å². The number of carbonyl (C=O) groups is 1. The van der Waals surface area contributed by atoms with E-state index in [0.717, 1.165) is 5.56 Å². The third-order valence-electron chi connectivity index (χ3n) is 5.40. The summed E-state index contributed by atoms with van der Waals surface area (Å²) < 4.78 is 17.9. The highest BCUT2D eigenvalue weighted by Gasteiger charge is 2.33. The average molecular weight is 446 g/mol. The topological polar surface area (TPSA) is 137 Å². The molecule has 10 nitrogen and oxygen atoms in total. The number of hydrogen-bond acceptors (Lipinski definition) is 8. The number of benzene rings is 2. The number of rotatable bonds is 6. The molecule has 10 heteroatoms. The minimum absolute atomic E-state index is 0.355. The van der Waals surface area contributed by atoms with Crippen LogP contribution in [0.1, 0.15) is 24.1 Å². The summed E-state index contributed by atoms with van der Waals surface area (Å²) in [5.41, 5.74) is 8.54. The molecule has 2 heterocycles. The Balaban J connectivity index is 1.87. The Bertz CT molecular complexity index is 1280. The number of carbonyl (C=O) groups excluding carboxylic acids is 1. The number of aromatic nitrogens is 3. The fourth-order valence-electron chi connectivity index (χ4n) is 3.85. The average Bonchev–Trinajstić information content (AvgIpc) is 3.25. The van der Waals surface area contributed by atoms with Crippen LogP contribution in [0.3, 0.4) is 0 Å². The van der Waals surface area contributed by atoms with E-state index in [-0.39, 0.29) is 0 Å². The van der Waals surface area contributed by atoms with Crippen LogP contribution in [-0.2, 0) is 4.79 Å². The summed E-state index contributed by atoms with van der Waals surface area (Å²) in [6, 6.07) is 11.9. The summed E-state index contributed by atoms with van der Waals surface area (Å²) in [7, 11) is 4.59. The van der Waals surface area contributed by atoms with Gasteiger partial charge >= 0.3 is 0 Å². The van der Waals surface area contributed by atoms with Crippen molar-refractivity contribution in [3.8, 4) is 34.7 Å². The quantitative estimate of drug-likeness (QED) is 0.589. The zero-order valence-corrected chi connectivity index (χ0v) is 18.5. The molecule has 4 rings (SSSR count). The van der Waals surface area contributed by atoms with Crippen molar-refractivity contribution in [2.45, 2.75) is 13.0 Å². The zero-order chi connectivity index (χ0) is 23.7. The van der Waals surface area contributed by atoms with E-state index in [1.165, 1.54) is 21.3 Å². The van der Waals surface area contributed by atoms with Gasteiger partial charge in [-0.25, -0.2) is 4.68 Å². The van der Waals surface area contributed by atoms with E-state index >= 15 is 0 Å². The van der Waals surface area contributed by atoms with Crippen molar-refractivity contribution >= 4 is 11.9 Å². The summed E-state index contributed by atoms with van der Waals surface area (Å²) in [6.07, 6.45) is 0. The number of ether oxygens (including phenoxy) is 3. The molecule has 1 aromatic heterocycles. The highest BCUT2D eigenvalue weighted by atomic mass is 16.5. The lowest BCUT2D eigenvalue weighted by Crippen LogP contribution is -2.31. The number of nitriles is 1. The van der Waals surface area contributed by atoms with Crippen molar-refractivity contribution in [3.63, 3.8) is 0 Å². The van der Waals surface area contributed by atoms with E-state index in [2.05, 4.69) is 21.5 Å². The second-order valence-electron chi connectivity index (χ2n) is 7.28. The standard InChI is InChI=1S/C23H22N6O4/c1-12-18(21(25)30)19(14-7-5-13(11-24)6-8-14)29-23(26-12)27-22(28-29)15-9-16(31-2)20(33-4)17(10-15)32-3/h5-10,19H,1-4H3,(H2,25,30)(H,26,27,28). The van der Waals surface area contributed by atoms with Gasteiger partial charge in [0.2, 0.25) is 17.6 Å². The van der Waals surface area contributed by atoms with Gasteiger partial charge in [0.05, 0.1) is 38.5 Å². The molecule has 1 atom stereocenters. The maximum Gasteiger partial charge on any atom is 0.248 e. The molecule has 1 aliphatic rings. The van der Waals surface area contributed by atoms with Gasteiger partial charge in [0.1, 0.15) is 6.04 Å². The SMILES string of the molecule is COc1cc(-c2nc3n(n2)C(c2ccc(C#N)cc2)C(C(N)=O)=C(C)N3)cc(OC)c1OC. The first-order chi connectivity index (χ1) is 15.9. The molecule has 0 spiro atoms. The Morgan fingerprint density at radius 3 is 2.27 bits per heavy atom. The van der Waals surface area contributed by atoms with Gasteiger partial charge < -0.3 is 25.3 Å². The van der Waals surface area contributed by atoms with Crippen molar-refractivity contribution in [2.24, 2.45) is 5.73 Å². The Morgan fingerprint density at radius 1 is 1.12 bits per heavy atom. The van der Waals surface area contributed by atoms with Gasteiger partial charge in [0.25, 0.3) is 0 Å². The number of hydrogen-bond donors (Lipinski definition) is 2. The molecule has 0 saturated heterocycles. The molecule has 3 aromatic rings. The van der Waals surface area contributed by atoms with Gasteiger partial charge in [0, 0.05) is 11.3 Å². The third-order valence-corrected chi connectivity index (χ3v) is 5.40. The van der Waals surface area contributed by atoms with Crippen LogP contribution < -0.4 is 25.3 Å². The van der Waals surface area contributed by atoms with Gasteiger partial charge in [-0.1, -0.05) is 12.1 Å². The van der Waals surface area contributed by atoms with E-state index in [4.69, 9.17) is 25.2 Å². The number of allylic oxidation sites excluding steroid dienone is 1.